The zero-order valence-electron chi connectivity index (χ0n) is 10.0. The van der Waals surface area contributed by atoms with Crippen LogP contribution in [0.2, 0.25) is 0 Å². The Bertz CT molecular complexity index is 409. The number of benzene rings is 1. The molecule has 2 atom stereocenters. The Morgan fingerprint density at radius 2 is 2.00 bits per heavy atom. The van der Waals surface area contributed by atoms with E-state index in [1.165, 1.54) is 12.0 Å². The molecule has 2 unspecified atom stereocenters. The highest BCUT2D eigenvalue weighted by Crippen LogP contribution is 2.46. The first kappa shape index (κ1) is 13.0. The van der Waals surface area contributed by atoms with Crippen LogP contribution < -0.4 is 9.47 Å². The molecule has 2 rings (SSSR count). The lowest BCUT2D eigenvalue weighted by Gasteiger charge is -2.19. The van der Waals surface area contributed by atoms with E-state index in [0.717, 1.165) is 28.8 Å². The molecule has 0 heterocycles. The number of rotatable bonds is 3. The monoisotopic (exact) mass is 318 g/mol. The molecular formula is C13H16BrClO2. The SMILES string of the molecule is COc1ccc(C2CCCC2Cl)c(OC)c1Br. The molecule has 0 aromatic heterocycles. The van der Waals surface area contributed by atoms with Crippen LogP contribution in [0.3, 0.4) is 0 Å². The van der Waals surface area contributed by atoms with Crippen molar-refractivity contribution < 1.29 is 9.47 Å². The molecule has 0 N–H and O–H groups in total. The van der Waals surface area contributed by atoms with Gasteiger partial charge in [0.25, 0.3) is 0 Å². The minimum atomic E-state index is 0.212. The fourth-order valence-corrected chi connectivity index (χ4v) is 3.58. The highest BCUT2D eigenvalue weighted by molar-refractivity contribution is 9.10. The molecule has 4 heteroatoms. The maximum absolute atomic E-state index is 6.37. The standard InChI is InChI=1S/C13H16BrClO2/c1-16-11-7-6-9(13(17-2)12(11)14)8-4-3-5-10(8)15/h6-8,10H,3-5H2,1-2H3. The summed E-state index contributed by atoms with van der Waals surface area (Å²) in [6.07, 6.45) is 3.40. The van der Waals surface area contributed by atoms with Crippen molar-refractivity contribution in [2.45, 2.75) is 30.6 Å². The number of ether oxygens (including phenoxy) is 2. The molecule has 0 saturated heterocycles. The average Bonchev–Trinajstić information content (AvgIpc) is 2.75. The third-order valence-electron chi connectivity index (χ3n) is 3.35. The molecule has 1 aliphatic carbocycles. The van der Waals surface area contributed by atoms with Crippen molar-refractivity contribution >= 4 is 27.5 Å². The Balaban J connectivity index is 2.43. The molecule has 2 nitrogen and oxygen atoms in total. The third-order valence-corrected chi connectivity index (χ3v) is 4.62. The van der Waals surface area contributed by atoms with Gasteiger partial charge in [0.05, 0.1) is 14.2 Å². The van der Waals surface area contributed by atoms with Crippen LogP contribution >= 0.6 is 27.5 Å². The second-order valence-electron chi connectivity index (χ2n) is 4.26. The number of hydrogen-bond donors (Lipinski definition) is 0. The summed E-state index contributed by atoms with van der Waals surface area (Å²) in [4.78, 5) is 0. The van der Waals surface area contributed by atoms with E-state index in [9.17, 15) is 0 Å². The highest BCUT2D eigenvalue weighted by Gasteiger charge is 2.30. The van der Waals surface area contributed by atoms with Gasteiger partial charge in [0.2, 0.25) is 0 Å². The molecule has 0 amide bonds. The van der Waals surface area contributed by atoms with Gasteiger partial charge in [0.15, 0.2) is 0 Å². The summed E-state index contributed by atoms with van der Waals surface area (Å²) in [6.45, 7) is 0. The lowest BCUT2D eigenvalue weighted by Crippen LogP contribution is -2.07. The smallest absolute Gasteiger partial charge is 0.140 e. The van der Waals surface area contributed by atoms with E-state index in [2.05, 4.69) is 22.0 Å². The minimum absolute atomic E-state index is 0.212. The molecule has 0 aliphatic heterocycles. The van der Waals surface area contributed by atoms with Crippen LogP contribution in [0.25, 0.3) is 0 Å². The topological polar surface area (TPSA) is 18.5 Å². The van der Waals surface area contributed by atoms with Crippen LogP contribution in [0.4, 0.5) is 0 Å². The van der Waals surface area contributed by atoms with Crippen LogP contribution in [0.5, 0.6) is 11.5 Å². The van der Waals surface area contributed by atoms with Gasteiger partial charge in [0, 0.05) is 16.9 Å². The van der Waals surface area contributed by atoms with Crippen LogP contribution in [-0.2, 0) is 0 Å². The lowest BCUT2D eigenvalue weighted by molar-refractivity contribution is 0.383. The van der Waals surface area contributed by atoms with Crippen LogP contribution in [0.1, 0.15) is 30.7 Å². The maximum atomic E-state index is 6.37. The van der Waals surface area contributed by atoms with Crippen molar-refractivity contribution in [1.29, 1.82) is 0 Å². The van der Waals surface area contributed by atoms with Crippen molar-refractivity contribution in [2.24, 2.45) is 0 Å². The van der Waals surface area contributed by atoms with Gasteiger partial charge in [-0.05, 0) is 34.8 Å². The summed E-state index contributed by atoms with van der Waals surface area (Å²) in [5.74, 6) is 2.02. The second kappa shape index (κ2) is 5.49. The highest BCUT2D eigenvalue weighted by atomic mass is 79.9. The molecule has 0 spiro atoms. The normalized spacial score (nSPS) is 23.8. The second-order valence-corrected chi connectivity index (χ2v) is 5.61. The zero-order valence-corrected chi connectivity index (χ0v) is 12.3. The first-order valence-electron chi connectivity index (χ1n) is 5.73. The Morgan fingerprint density at radius 3 is 2.53 bits per heavy atom. The maximum Gasteiger partial charge on any atom is 0.140 e. The summed E-state index contributed by atoms with van der Waals surface area (Å²) in [6, 6.07) is 4.03. The molecule has 17 heavy (non-hydrogen) atoms. The van der Waals surface area contributed by atoms with Crippen molar-refractivity contribution in [3.05, 3.63) is 22.2 Å². The van der Waals surface area contributed by atoms with E-state index < -0.39 is 0 Å². The van der Waals surface area contributed by atoms with Crippen molar-refractivity contribution in [1.82, 2.24) is 0 Å². The van der Waals surface area contributed by atoms with Gasteiger partial charge in [-0.15, -0.1) is 11.6 Å². The molecule has 94 valence electrons. The fraction of sp³-hybridized carbons (Fsp3) is 0.538. The third kappa shape index (κ3) is 2.41. The number of hydrogen-bond acceptors (Lipinski definition) is 2. The Hall–Kier alpha value is -0.410. The van der Waals surface area contributed by atoms with Gasteiger partial charge in [-0.25, -0.2) is 0 Å². The average molecular weight is 320 g/mol. The lowest BCUT2D eigenvalue weighted by atomic mass is 9.96. The van der Waals surface area contributed by atoms with Gasteiger partial charge in [-0.1, -0.05) is 12.5 Å². The Labute approximate surface area is 115 Å². The number of halogens is 2. The summed E-state index contributed by atoms with van der Waals surface area (Å²) in [5, 5.41) is 0.212. The zero-order chi connectivity index (χ0) is 12.4. The fourth-order valence-electron chi connectivity index (χ4n) is 2.48. The predicted octanol–water partition coefficient (Wildman–Crippen LogP) is 4.34. The summed E-state index contributed by atoms with van der Waals surface area (Å²) in [7, 11) is 3.33. The first-order valence-corrected chi connectivity index (χ1v) is 6.96. The van der Waals surface area contributed by atoms with Crippen molar-refractivity contribution in [3.8, 4) is 11.5 Å². The predicted molar refractivity (Wildman–Crippen MR) is 73.5 cm³/mol. The molecule has 0 radical (unpaired) electrons. The van der Waals surface area contributed by atoms with Crippen LogP contribution in [0, 0.1) is 0 Å². The molecule has 1 fully saturated rings. The van der Waals surface area contributed by atoms with Crippen molar-refractivity contribution in [2.75, 3.05) is 14.2 Å². The van der Waals surface area contributed by atoms with Gasteiger partial charge in [-0.2, -0.15) is 0 Å². The van der Waals surface area contributed by atoms with Gasteiger partial charge in [0.1, 0.15) is 16.0 Å². The van der Waals surface area contributed by atoms with E-state index in [0.29, 0.717) is 5.92 Å². The first-order chi connectivity index (χ1) is 8.19. The molecule has 1 aromatic rings. The number of methoxy groups -OCH3 is 2. The van der Waals surface area contributed by atoms with E-state index in [1.54, 1.807) is 14.2 Å². The van der Waals surface area contributed by atoms with E-state index >= 15 is 0 Å². The van der Waals surface area contributed by atoms with Crippen LogP contribution in [0.15, 0.2) is 16.6 Å². The number of alkyl halides is 1. The minimum Gasteiger partial charge on any atom is -0.495 e. The molecule has 1 saturated carbocycles. The molecule has 1 aromatic carbocycles. The molecular weight excluding hydrogens is 303 g/mol. The summed E-state index contributed by atoms with van der Waals surface area (Å²) in [5.41, 5.74) is 1.18. The summed E-state index contributed by atoms with van der Waals surface area (Å²) < 4.78 is 11.6. The Kier molecular flexibility index (Phi) is 4.21. The van der Waals surface area contributed by atoms with Gasteiger partial charge >= 0.3 is 0 Å². The van der Waals surface area contributed by atoms with Crippen molar-refractivity contribution in [3.63, 3.8) is 0 Å². The van der Waals surface area contributed by atoms with Gasteiger partial charge in [-0.3, -0.25) is 0 Å². The summed E-state index contributed by atoms with van der Waals surface area (Å²) >= 11 is 9.89. The largest absolute Gasteiger partial charge is 0.495 e. The molecule has 0 bridgehead atoms. The van der Waals surface area contributed by atoms with E-state index in [4.69, 9.17) is 21.1 Å². The van der Waals surface area contributed by atoms with E-state index in [-0.39, 0.29) is 5.38 Å². The van der Waals surface area contributed by atoms with E-state index in [1.807, 2.05) is 6.07 Å². The molecule has 1 aliphatic rings. The van der Waals surface area contributed by atoms with Crippen LogP contribution in [-0.4, -0.2) is 19.6 Å². The quantitative estimate of drug-likeness (QED) is 0.772. The van der Waals surface area contributed by atoms with Gasteiger partial charge < -0.3 is 9.47 Å². The Morgan fingerprint density at radius 1 is 1.24 bits per heavy atom.